The van der Waals surface area contributed by atoms with Gasteiger partial charge in [-0.15, -0.1) is 11.3 Å². The topological polar surface area (TPSA) is 68.3 Å². The molecule has 3 rings (SSSR count). The predicted molar refractivity (Wildman–Crippen MR) is 124 cm³/mol. The van der Waals surface area contributed by atoms with Crippen molar-refractivity contribution in [1.82, 2.24) is 9.80 Å². The van der Waals surface area contributed by atoms with Crippen molar-refractivity contribution in [3.63, 3.8) is 0 Å². The lowest BCUT2D eigenvalue weighted by molar-refractivity contribution is -0.146. The maximum Gasteiger partial charge on any atom is 0.249 e. The molecule has 1 aliphatic heterocycles. The number of hydrogen-bond donors (Lipinski definition) is 0. The summed E-state index contributed by atoms with van der Waals surface area (Å²) >= 11 is 1.71. The van der Waals surface area contributed by atoms with Crippen LogP contribution in [0.25, 0.3) is 0 Å². The molecule has 0 saturated carbocycles. The molecule has 0 aliphatic carbocycles. The molecule has 2 amide bonds. The van der Waals surface area contributed by atoms with Crippen molar-refractivity contribution in [2.24, 2.45) is 0 Å². The second kappa shape index (κ2) is 11.3. The Kier molecular flexibility index (Phi) is 8.53. The van der Waals surface area contributed by atoms with Gasteiger partial charge >= 0.3 is 0 Å². The molecule has 0 radical (unpaired) electrons. The summed E-state index contributed by atoms with van der Waals surface area (Å²) in [5.41, 5.74) is 1.11. The van der Waals surface area contributed by atoms with Crippen molar-refractivity contribution < 1.29 is 23.8 Å². The summed E-state index contributed by atoms with van der Waals surface area (Å²) in [6, 6.07) is 9.28. The van der Waals surface area contributed by atoms with Crippen LogP contribution in [0.5, 0.6) is 11.5 Å². The van der Waals surface area contributed by atoms with Gasteiger partial charge in [-0.2, -0.15) is 0 Å². The number of ether oxygens (including phenoxy) is 3. The van der Waals surface area contributed by atoms with E-state index in [9.17, 15) is 9.59 Å². The van der Waals surface area contributed by atoms with Gasteiger partial charge in [-0.05, 0) is 48.9 Å². The van der Waals surface area contributed by atoms with E-state index in [1.165, 1.54) is 12.0 Å². The number of hydrogen-bond acceptors (Lipinski definition) is 6. The number of methoxy groups -OCH3 is 2. The molecule has 7 nitrogen and oxygen atoms in total. The number of fused-ring (bicyclic) bond motifs is 1. The molecular formula is C24H32N2O5S. The Balaban J connectivity index is 1.80. The first-order valence-electron chi connectivity index (χ1n) is 10.9. The third kappa shape index (κ3) is 5.42. The molecular weight excluding hydrogens is 428 g/mol. The lowest BCUT2D eigenvalue weighted by Gasteiger charge is -2.38. The maximum atomic E-state index is 13.4. The summed E-state index contributed by atoms with van der Waals surface area (Å²) in [4.78, 5) is 30.7. The van der Waals surface area contributed by atoms with Crippen molar-refractivity contribution in [3.05, 3.63) is 46.2 Å². The summed E-state index contributed by atoms with van der Waals surface area (Å²) < 4.78 is 16.5. The highest BCUT2D eigenvalue weighted by Gasteiger charge is 2.34. The van der Waals surface area contributed by atoms with Gasteiger partial charge in [-0.25, -0.2) is 0 Å². The van der Waals surface area contributed by atoms with Gasteiger partial charge in [0.05, 0.1) is 13.2 Å². The van der Waals surface area contributed by atoms with E-state index >= 15 is 0 Å². The molecule has 2 atom stereocenters. The Labute approximate surface area is 193 Å². The largest absolute Gasteiger partial charge is 0.493 e. The highest BCUT2D eigenvalue weighted by Crippen LogP contribution is 2.35. The first-order chi connectivity index (χ1) is 15.5. The van der Waals surface area contributed by atoms with E-state index in [4.69, 9.17) is 14.2 Å². The number of thiophene rings is 1. The molecule has 174 valence electrons. The molecule has 1 aromatic heterocycles. The van der Waals surface area contributed by atoms with Crippen molar-refractivity contribution in [3.8, 4) is 11.5 Å². The summed E-state index contributed by atoms with van der Waals surface area (Å²) in [5, 5.41) is 2.06. The van der Waals surface area contributed by atoms with Gasteiger partial charge < -0.3 is 24.0 Å². The van der Waals surface area contributed by atoms with Crippen LogP contribution in [0.4, 0.5) is 0 Å². The van der Waals surface area contributed by atoms with Crippen LogP contribution < -0.4 is 9.47 Å². The highest BCUT2D eigenvalue weighted by atomic mass is 32.1. The normalized spacial score (nSPS) is 16.2. The molecule has 2 aromatic rings. The van der Waals surface area contributed by atoms with E-state index < -0.39 is 0 Å². The van der Waals surface area contributed by atoms with Crippen LogP contribution >= 0.6 is 11.3 Å². The van der Waals surface area contributed by atoms with Crippen LogP contribution in [0.1, 0.15) is 36.8 Å². The zero-order valence-corrected chi connectivity index (χ0v) is 20.0. The lowest BCUT2D eigenvalue weighted by atomic mass is 10.00. The van der Waals surface area contributed by atoms with Gasteiger partial charge in [0, 0.05) is 24.6 Å². The Bertz CT molecular complexity index is 915. The highest BCUT2D eigenvalue weighted by molar-refractivity contribution is 7.10. The minimum atomic E-state index is -0.223. The zero-order chi connectivity index (χ0) is 23.1. The van der Waals surface area contributed by atoms with E-state index in [1.54, 1.807) is 23.3 Å². The molecule has 2 heterocycles. The molecule has 0 spiro atoms. The van der Waals surface area contributed by atoms with Crippen molar-refractivity contribution in [1.29, 1.82) is 0 Å². The minimum Gasteiger partial charge on any atom is -0.493 e. The fourth-order valence-electron chi connectivity index (χ4n) is 3.93. The second-order valence-corrected chi connectivity index (χ2v) is 8.83. The average Bonchev–Trinajstić information content (AvgIpc) is 3.29. The van der Waals surface area contributed by atoms with E-state index in [0.29, 0.717) is 24.7 Å². The number of benzene rings is 1. The number of para-hydroxylation sites is 2. The Morgan fingerprint density at radius 3 is 2.66 bits per heavy atom. The van der Waals surface area contributed by atoms with Crippen LogP contribution in [-0.2, 0) is 20.7 Å². The molecule has 8 heteroatoms. The van der Waals surface area contributed by atoms with Crippen molar-refractivity contribution in [2.75, 3.05) is 40.5 Å². The van der Waals surface area contributed by atoms with Gasteiger partial charge in [0.1, 0.15) is 19.8 Å². The Morgan fingerprint density at radius 1 is 1.22 bits per heavy atom. The van der Waals surface area contributed by atoms with Gasteiger partial charge in [-0.3, -0.25) is 9.59 Å². The fourth-order valence-corrected chi connectivity index (χ4v) is 4.86. The second-order valence-electron chi connectivity index (χ2n) is 7.83. The molecule has 0 saturated heterocycles. The number of rotatable bonds is 10. The third-order valence-corrected chi connectivity index (χ3v) is 6.89. The smallest absolute Gasteiger partial charge is 0.249 e. The number of nitrogens with zero attached hydrogens (tertiary/aromatic N) is 2. The fraction of sp³-hybridized carbons (Fsp3) is 0.500. The van der Waals surface area contributed by atoms with E-state index in [2.05, 4.69) is 11.4 Å². The summed E-state index contributed by atoms with van der Waals surface area (Å²) in [7, 11) is 3.10. The van der Waals surface area contributed by atoms with Crippen LogP contribution in [0.15, 0.2) is 35.7 Å². The first kappa shape index (κ1) is 24.1. The summed E-state index contributed by atoms with van der Waals surface area (Å²) in [5.74, 6) is 1.03. The van der Waals surface area contributed by atoms with Crippen LogP contribution in [0.3, 0.4) is 0 Å². The number of carbonyl (C=O) groups is 2. The van der Waals surface area contributed by atoms with Gasteiger partial charge in [-0.1, -0.05) is 19.1 Å². The maximum absolute atomic E-state index is 13.4. The Hall–Kier alpha value is -2.58. The standard InChI is InChI=1S/C24H32N2O5S/c1-5-17(2)26(24(28)16-29-3)14-23(27)25-12-10-22-18(11-13-32-22)19(25)15-31-21-9-7-6-8-20(21)30-4/h6-9,11,13,17,19H,5,10,12,14-16H2,1-4H3/t17-,19+/m0/s1. The van der Waals surface area contributed by atoms with Gasteiger partial charge in [0.15, 0.2) is 11.5 Å². The van der Waals surface area contributed by atoms with Gasteiger partial charge in [0.2, 0.25) is 11.8 Å². The van der Waals surface area contributed by atoms with Gasteiger partial charge in [0.25, 0.3) is 0 Å². The summed E-state index contributed by atoms with van der Waals surface area (Å²) in [6.45, 7) is 4.86. The molecule has 0 unspecified atom stereocenters. The van der Waals surface area contributed by atoms with E-state index in [1.807, 2.05) is 43.0 Å². The monoisotopic (exact) mass is 460 g/mol. The Morgan fingerprint density at radius 2 is 1.97 bits per heavy atom. The van der Waals surface area contributed by atoms with Crippen molar-refractivity contribution >= 4 is 23.2 Å². The first-order valence-corrected chi connectivity index (χ1v) is 11.8. The molecule has 0 bridgehead atoms. The molecule has 0 fully saturated rings. The zero-order valence-electron chi connectivity index (χ0n) is 19.2. The van der Waals surface area contributed by atoms with Crippen LogP contribution in [0.2, 0.25) is 0 Å². The lowest BCUT2D eigenvalue weighted by Crippen LogP contribution is -2.50. The average molecular weight is 461 g/mol. The quantitative estimate of drug-likeness (QED) is 0.543. The molecule has 1 aliphatic rings. The minimum absolute atomic E-state index is 0.0296. The molecule has 32 heavy (non-hydrogen) atoms. The molecule has 1 aromatic carbocycles. The molecule has 0 N–H and O–H groups in total. The summed E-state index contributed by atoms with van der Waals surface area (Å²) in [6.07, 6.45) is 1.57. The predicted octanol–water partition coefficient (Wildman–Crippen LogP) is 3.54. The van der Waals surface area contributed by atoms with Crippen LogP contribution in [-0.4, -0.2) is 68.2 Å². The van der Waals surface area contributed by atoms with E-state index in [0.717, 1.165) is 18.4 Å². The SMILES string of the molecule is CC[C@H](C)N(CC(=O)N1CCc2sccc2[C@H]1COc1ccccc1OC)C(=O)COC. The number of carbonyl (C=O) groups excluding carboxylic acids is 2. The van der Waals surface area contributed by atoms with Crippen LogP contribution in [0, 0.1) is 0 Å². The number of amides is 2. The van der Waals surface area contributed by atoms with Crippen molar-refractivity contribution in [2.45, 2.75) is 38.8 Å². The third-order valence-electron chi connectivity index (χ3n) is 5.90. The van der Waals surface area contributed by atoms with E-state index in [-0.39, 0.29) is 37.0 Å².